The van der Waals surface area contributed by atoms with Crippen molar-refractivity contribution in [1.29, 1.82) is 0 Å². The Morgan fingerprint density at radius 2 is 1.83 bits per heavy atom. The van der Waals surface area contributed by atoms with Crippen LogP contribution in [0.25, 0.3) is 0 Å². The minimum Gasteiger partial charge on any atom is -0.393 e. The van der Waals surface area contributed by atoms with E-state index < -0.39 is 0 Å². The minimum absolute atomic E-state index is 0.0839. The molecule has 2 rings (SSSR count). The summed E-state index contributed by atoms with van der Waals surface area (Å²) in [5.41, 5.74) is 6.04. The van der Waals surface area contributed by atoms with E-state index in [0.717, 1.165) is 44.9 Å². The van der Waals surface area contributed by atoms with Crippen LogP contribution in [0, 0.1) is 11.8 Å². The second kappa shape index (κ2) is 6.02. The molecule has 0 aliphatic heterocycles. The van der Waals surface area contributed by atoms with Crippen molar-refractivity contribution in [2.24, 2.45) is 17.6 Å². The van der Waals surface area contributed by atoms with Crippen LogP contribution in [0.15, 0.2) is 0 Å². The number of aliphatic hydroxyl groups excluding tert-OH is 1. The van der Waals surface area contributed by atoms with E-state index in [4.69, 9.17) is 5.73 Å². The maximum Gasteiger partial charge on any atom is 0.223 e. The number of amides is 1. The van der Waals surface area contributed by atoms with Gasteiger partial charge in [-0.15, -0.1) is 0 Å². The molecule has 2 aliphatic rings. The number of aliphatic hydroxyl groups is 1. The maximum atomic E-state index is 12.3. The van der Waals surface area contributed by atoms with E-state index in [0.29, 0.717) is 0 Å². The Kier molecular flexibility index (Phi) is 4.62. The van der Waals surface area contributed by atoms with E-state index in [9.17, 15) is 9.90 Å². The van der Waals surface area contributed by atoms with E-state index in [1.54, 1.807) is 0 Å². The zero-order chi connectivity index (χ0) is 13.1. The maximum absolute atomic E-state index is 12.3. The molecule has 4 N–H and O–H groups in total. The molecule has 1 amide bonds. The first-order valence-corrected chi connectivity index (χ1v) is 7.32. The summed E-state index contributed by atoms with van der Waals surface area (Å²) in [5.74, 6) is 0.549. The molecular formula is C14H26N2O2. The van der Waals surface area contributed by atoms with Gasteiger partial charge < -0.3 is 16.2 Å². The molecule has 104 valence electrons. The predicted octanol–water partition coefficient (Wildman–Crippen LogP) is 1.17. The van der Waals surface area contributed by atoms with Gasteiger partial charge in [-0.1, -0.05) is 13.3 Å². The van der Waals surface area contributed by atoms with E-state index in [1.165, 1.54) is 0 Å². The molecule has 18 heavy (non-hydrogen) atoms. The van der Waals surface area contributed by atoms with Crippen molar-refractivity contribution in [2.75, 3.05) is 0 Å². The minimum atomic E-state index is -0.167. The molecule has 4 nitrogen and oxygen atoms in total. The lowest BCUT2D eigenvalue weighted by molar-refractivity contribution is -0.129. The molecule has 4 heteroatoms. The number of hydrogen-bond acceptors (Lipinski definition) is 3. The molecule has 3 unspecified atom stereocenters. The van der Waals surface area contributed by atoms with Crippen LogP contribution in [-0.4, -0.2) is 29.2 Å². The number of carbonyl (C=O) groups excluding carboxylic acids is 1. The number of hydrogen-bond donors (Lipinski definition) is 3. The van der Waals surface area contributed by atoms with Gasteiger partial charge in [-0.05, 0) is 44.4 Å². The fourth-order valence-electron chi connectivity index (χ4n) is 3.30. The van der Waals surface area contributed by atoms with Gasteiger partial charge in [0.2, 0.25) is 5.91 Å². The molecule has 0 bridgehead atoms. The second-order valence-electron chi connectivity index (χ2n) is 6.07. The Bertz CT molecular complexity index is 288. The fraction of sp³-hybridized carbons (Fsp3) is 0.929. The average Bonchev–Trinajstić information content (AvgIpc) is 2.35. The van der Waals surface area contributed by atoms with Crippen LogP contribution >= 0.6 is 0 Å². The topological polar surface area (TPSA) is 75.4 Å². The third-order valence-electron chi connectivity index (χ3n) is 4.74. The van der Waals surface area contributed by atoms with Gasteiger partial charge in [-0.3, -0.25) is 4.79 Å². The zero-order valence-electron chi connectivity index (χ0n) is 11.3. The van der Waals surface area contributed by atoms with Crippen LogP contribution in [0.4, 0.5) is 0 Å². The standard InChI is InChI=1S/C14H26N2O2/c1-9-12(3-2-4-13(9)15)14(18)16-10-5-7-11(17)8-6-10/h9-13,17H,2-8,15H2,1H3,(H,16,18). The Hall–Kier alpha value is -0.610. The number of nitrogens with one attached hydrogen (secondary N) is 1. The molecule has 0 aromatic carbocycles. The van der Waals surface area contributed by atoms with Crippen molar-refractivity contribution >= 4 is 5.91 Å². The van der Waals surface area contributed by atoms with Gasteiger partial charge in [0, 0.05) is 18.0 Å². The van der Waals surface area contributed by atoms with Gasteiger partial charge in [-0.25, -0.2) is 0 Å². The molecule has 0 aromatic rings. The molecule has 0 spiro atoms. The van der Waals surface area contributed by atoms with Gasteiger partial charge in [0.25, 0.3) is 0 Å². The quantitative estimate of drug-likeness (QED) is 0.692. The summed E-state index contributed by atoms with van der Waals surface area (Å²) in [6.07, 6.45) is 6.33. The third kappa shape index (κ3) is 3.23. The molecule has 2 fully saturated rings. The summed E-state index contributed by atoms with van der Waals surface area (Å²) in [6.45, 7) is 2.10. The van der Waals surface area contributed by atoms with Gasteiger partial charge in [0.05, 0.1) is 6.10 Å². The summed E-state index contributed by atoms with van der Waals surface area (Å²) in [5, 5.41) is 12.6. The molecular weight excluding hydrogens is 228 g/mol. The third-order valence-corrected chi connectivity index (χ3v) is 4.74. The molecule has 0 saturated heterocycles. The van der Waals surface area contributed by atoms with Crippen molar-refractivity contribution in [1.82, 2.24) is 5.32 Å². The first-order chi connectivity index (χ1) is 8.58. The summed E-state index contributed by atoms with van der Waals surface area (Å²) in [7, 11) is 0. The predicted molar refractivity (Wildman–Crippen MR) is 70.9 cm³/mol. The van der Waals surface area contributed by atoms with Gasteiger partial charge >= 0.3 is 0 Å². The lowest BCUT2D eigenvalue weighted by atomic mass is 9.76. The Morgan fingerprint density at radius 3 is 2.50 bits per heavy atom. The van der Waals surface area contributed by atoms with Gasteiger partial charge in [0.1, 0.15) is 0 Å². The fourth-order valence-corrected chi connectivity index (χ4v) is 3.30. The van der Waals surface area contributed by atoms with E-state index >= 15 is 0 Å². The van der Waals surface area contributed by atoms with Crippen LogP contribution in [0.5, 0.6) is 0 Å². The molecule has 0 radical (unpaired) electrons. The van der Waals surface area contributed by atoms with Crippen molar-refractivity contribution in [3.63, 3.8) is 0 Å². The summed E-state index contributed by atoms with van der Waals surface area (Å²) < 4.78 is 0. The highest BCUT2D eigenvalue weighted by Crippen LogP contribution is 2.29. The number of carbonyl (C=O) groups is 1. The lowest BCUT2D eigenvalue weighted by Crippen LogP contribution is -2.47. The molecule has 3 atom stereocenters. The lowest BCUT2D eigenvalue weighted by Gasteiger charge is -2.35. The molecule has 2 aliphatic carbocycles. The van der Waals surface area contributed by atoms with Crippen molar-refractivity contribution in [3.05, 3.63) is 0 Å². The van der Waals surface area contributed by atoms with Gasteiger partial charge in [0.15, 0.2) is 0 Å². The van der Waals surface area contributed by atoms with Crippen LogP contribution < -0.4 is 11.1 Å². The van der Waals surface area contributed by atoms with Crippen molar-refractivity contribution < 1.29 is 9.90 Å². The molecule has 0 aromatic heterocycles. The van der Waals surface area contributed by atoms with E-state index in [-0.39, 0.29) is 35.9 Å². The van der Waals surface area contributed by atoms with Crippen molar-refractivity contribution in [2.45, 2.75) is 70.1 Å². The highest BCUT2D eigenvalue weighted by molar-refractivity contribution is 5.79. The normalized spacial score (nSPS) is 41.4. The van der Waals surface area contributed by atoms with Crippen LogP contribution in [0.3, 0.4) is 0 Å². The Balaban J connectivity index is 1.83. The second-order valence-corrected chi connectivity index (χ2v) is 6.07. The number of nitrogens with two attached hydrogens (primary N) is 1. The SMILES string of the molecule is CC1C(N)CCCC1C(=O)NC1CCC(O)CC1. The summed E-state index contributed by atoms with van der Waals surface area (Å²) >= 11 is 0. The molecule has 0 heterocycles. The van der Waals surface area contributed by atoms with E-state index in [2.05, 4.69) is 12.2 Å². The van der Waals surface area contributed by atoms with Crippen LogP contribution in [0.2, 0.25) is 0 Å². The smallest absolute Gasteiger partial charge is 0.223 e. The van der Waals surface area contributed by atoms with Crippen LogP contribution in [0.1, 0.15) is 51.9 Å². The Labute approximate surface area is 109 Å². The average molecular weight is 254 g/mol. The summed E-state index contributed by atoms with van der Waals surface area (Å²) in [4.78, 5) is 12.3. The largest absolute Gasteiger partial charge is 0.393 e. The zero-order valence-corrected chi connectivity index (χ0v) is 11.3. The highest BCUT2D eigenvalue weighted by atomic mass is 16.3. The first kappa shape index (κ1) is 13.8. The van der Waals surface area contributed by atoms with Crippen LogP contribution in [-0.2, 0) is 4.79 Å². The first-order valence-electron chi connectivity index (χ1n) is 7.32. The van der Waals surface area contributed by atoms with Gasteiger partial charge in [-0.2, -0.15) is 0 Å². The Morgan fingerprint density at radius 1 is 1.17 bits per heavy atom. The highest BCUT2D eigenvalue weighted by Gasteiger charge is 2.33. The number of rotatable bonds is 2. The summed E-state index contributed by atoms with van der Waals surface area (Å²) in [6, 6.07) is 0.425. The monoisotopic (exact) mass is 254 g/mol. The molecule has 2 saturated carbocycles. The van der Waals surface area contributed by atoms with Crippen molar-refractivity contribution in [3.8, 4) is 0 Å². The van der Waals surface area contributed by atoms with E-state index in [1.807, 2.05) is 0 Å².